The lowest BCUT2D eigenvalue weighted by molar-refractivity contribution is 0.0958. The van der Waals surface area contributed by atoms with Crippen LogP contribution in [-0.2, 0) is 0 Å². The molecule has 1 fully saturated rings. The lowest BCUT2D eigenvalue weighted by Gasteiger charge is -2.35. The van der Waals surface area contributed by atoms with E-state index in [1.807, 2.05) is 12.1 Å². The number of amides is 1. The summed E-state index contributed by atoms with van der Waals surface area (Å²) in [6.07, 6.45) is 2.79. The highest BCUT2D eigenvalue weighted by Crippen LogP contribution is 2.20. The second-order valence-electron chi connectivity index (χ2n) is 5.29. The molecule has 2 unspecified atom stereocenters. The van der Waals surface area contributed by atoms with E-state index < -0.39 is 0 Å². The molecule has 0 aromatic carbocycles. The minimum atomic E-state index is -0.153. The zero-order valence-corrected chi connectivity index (χ0v) is 11.8. The fourth-order valence-electron chi connectivity index (χ4n) is 2.56. The number of likely N-dealkylation sites (tertiary alicyclic amines) is 1. The van der Waals surface area contributed by atoms with Crippen LogP contribution in [0.15, 0.2) is 18.3 Å². The van der Waals surface area contributed by atoms with Crippen LogP contribution in [-0.4, -0.2) is 49.0 Å². The number of hydrogen-bond acceptors (Lipinski definition) is 4. The van der Waals surface area contributed by atoms with Gasteiger partial charge < -0.3 is 15.5 Å². The van der Waals surface area contributed by atoms with E-state index in [2.05, 4.69) is 34.5 Å². The second kappa shape index (κ2) is 6.02. The molecule has 5 nitrogen and oxygen atoms in total. The summed E-state index contributed by atoms with van der Waals surface area (Å²) in [5.74, 6) is 0.440. The van der Waals surface area contributed by atoms with Gasteiger partial charge in [-0.15, -0.1) is 0 Å². The Morgan fingerprint density at radius 3 is 3.00 bits per heavy atom. The van der Waals surface area contributed by atoms with Crippen LogP contribution >= 0.6 is 0 Å². The van der Waals surface area contributed by atoms with Gasteiger partial charge in [0.15, 0.2) is 0 Å². The van der Waals surface area contributed by atoms with Crippen molar-refractivity contribution in [3.05, 3.63) is 24.0 Å². The van der Waals surface area contributed by atoms with Crippen molar-refractivity contribution in [1.82, 2.24) is 15.2 Å². The Bertz CT molecular complexity index is 449. The third-order valence-corrected chi connectivity index (χ3v) is 3.68. The highest BCUT2D eigenvalue weighted by Gasteiger charge is 2.24. The number of hydrogen-bond donors (Lipinski definition) is 2. The summed E-state index contributed by atoms with van der Waals surface area (Å²) < 4.78 is 0. The summed E-state index contributed by atoms with van der Waals surface area (Å²) in [5, 5.41) is 6.11. The Balaban J connectivity index is 2.04. The molecule has 2 heterocycles. The number of rotatable bonds is 3. The molecular weight excluding hydrogens is 240 g/mol. The summed E-state index contributed by atoms with van der Waals surface area (Å²) in [6, 6.07) is 4.18. The minimum absolute atomic E-state index is 0.153. The predicted octanol–water partition coefficient (Wildman–Crippen LogP) is 1.19. The van der Waals surface area contributed by atoms with Crippen LogP contribution in [0.3, 0.4) is 0 Å². The van der Waals surface area contributed by atoms with Gasteiger partial charge in [0.1, 0.15) is 5.69 Å². The number of pyridine rings is 1. The molecule has 5 heteroatoms. The second-order valence-corrected chi connectivity index (χ2v) is 5.29. The van der Waals surface area contributed by atoms with Crippen LogP contribution in [0.25, 0.3) is 0 Å². The highest BCUT2D eigenvalue weighted by molar-refractivity contribution is 5.92. The summed E-state index contributed by atoms with van der Waals surface area (Å²) in [6.45, 7) is 4.47. The average Bonchev–Trinajstić information content (AvgIpc) is 2.41. The number of aromatic nitrogens is 1. The van der Waals surface area contributed by atoms with E-state index in [0.717, 1.165) is 25.2 Å². The molecule has 1 amide bonds. The Kier molecular flexibility index (Phi) is 4.37. The molecule has 2 rings (SSSR count). The minimum Gasteiger partial charge on any atom is -0.382 e. The van der Waals surface area contributed by atoms with E-state index in [4.69, 9.17) is 0 Å². The van der Waals surface area contributed by atoms with E-state index >= 15 is 0 Å². The van der Waals surface area contributed by atoms with Gasteiger partial charge in [-0.25, -0.2) is 0 Å². The standard InChI is InChI=1S/C14H22N4O/c1-10-9-18(3)7-5-12(10)17-11-4-6-16-13(8-11)14(19)15-2/h4,6,8,10,12H,5,7,9H2,1-3H3,(H,15,19)(H,16,17). The molecule has 2 atom stereocenters. The first-order valence-electron chi connectivity index (χ1n) is 6.73. The predicted molar refractivity (Wildman–Crippen MR) is 76.3 cm³/mol. The molecule has 1 aliphatic rings. The molecule has 2 N–H and O–H groups in total. The molecule has 104 valence electrons. The Morgan fingerprint density at radius 1 is 1.53 bits per heavy atom. The normalized spacial score (nSPS) is 23.9. The molecule has 0 spiro atoms. The Hall–Kier alpha value is -1.62. The first-order valence-corrected chi connectivity index (χ1v) is 6.73. The van der Waals surface area contributed by atoms with Crippen molar-refractivity contribution < 1.29 is 4.79 Å². The fourth-order valence-corrected chi connectivity index (χ4v) is 2.56. The van der Waals surface area contributed by atoms with Gasteiger partial charge >= 0.3 is 0 Å². The largest absolute Gasteiger partial charge is 0.382 e. The lowest BCUT2D eigenvalue weighted by Crippen LogP contribution is -2.43. The van der Waals surface area contributed by atoms with Crippen LogP contribution in [0, 0.1) is 5.92 Å². The number of piperidine rings is 1. The third kappa shape index (κ3) is 3.44. The smallest absolute Gasteiger partial charge is 0.269 e. The van der Waals surface area contributed by atoms with E-state index in [1.165, 1.54) is 0 Å². The van der Waals surface area contributed by atoms with Crippen molar-refractivity contribution in [2.75, 3.05) is 32.5 Å². The highest BCUT2D eigenvalue weighted by atomic mass is 16.1. The van der Waals surface area contributed by atoms with Crippen LogP contribution in [0.4, 0.5) is 5.69 Å². The van der Waals surface area contributed by atoms with Crippen LogP contribution in [0.2, 0.25) is 0 Å². The van der Waals surface area contributed by atoms with Gasteiger partial charge in [-0.1, -0.05) is 6.92 Å². The SMILES string of the molecule is CNC(=O)c1cc(NC2CCN(C)CC2C)ccn1. The zero-order chi connectivity index (χ0) is 13.8. The monoisotopic (exact) mass is 262 g/mol. The number of anilines is 1. The molecule has 1 saturated heterocycles. The lowest BCUT2D eigenvalue weighted by atomic mass is 9.94. The maximum Gasteiger partial charge on any atom is 0.269 e. The number of carbonyl (C=O) groups excluding carboxylic acids is 1. The molecular formula is C14H22N4O. The van der Waals surface area contributed by atoms with Crippen molar-refractivity contribution in [3.8, 4) is 0 Å². The van der Waals surface area contributed by atoms with Crippen molar-refractivity contribution in [3.63, 3.8) is 0 Å². The van der Waals surface area contributed by atoms with Gasteiger partial charge in [0.2, 0.25) is 0 Å². The van der Waals surface area contributed by atoms with E-state index in [-0.39, 0.29) is 5.91 Å². The van der Waals surface area contributed by atoms with Crippen LogP contribution < -0.4 is 10.6 Å². The van der Waals surface area contributed by atoms with Crippen LogP contribution in [0.5, 0.6) is 0 Å². The third-order valence-electron chi connectivity index (χ3n) is 3.68. The molecule has 19 heavy (non-hydrogen) atoms. The van der Waals surface area contributed by atoms with Crippen molar-refractivity contribution in [1.29, 1.82) is 0 Å². The van der Waals surface area contributed by atoms with E-state index in [1.54, 1.807) is 13.2 Å². The number of nitrogens with one attached hydrogen (secondary N) is 2. The molecule has 1 aromatic heterocycles. The summed E-state index contributed by atoms with van der Waals surface area (Å²) in [5.41, 5.74) is 1.42. The van der Waals surface area contributed by atoms with Gasteiger partial charge in [-0.05, 0) is 38.1 Å². The molecule has 0 saturated carbocycles. The number of carbonyl (C=O) groups is 1. The maximum atomic E-state index is 11.6. The first kappa shape index (κ1) is 13.8. The quantitative estimate of drug-likeness (QED) is 0.859. The number of nitrogens with zero attached hydrogens (tertiary/aromatic N) is 2. The van der Waals surface area contributed by atoms with Crippen molar-refractivity contribution >= 4 is 11.6 Å². The summed E-state index contributed by atoms with van der Waals surface area (Å²) in [4.78, 5) is 18.0. The van der Waals surface area contributed by atoms with E-state index in [0.29, 0.717) is 17.7 Å². The topological polar surface area (TPSA) is 57.3 Å². The molecule has 0 radical (unpaired) electrons. The Labute approximate surface area is 114 Å². The van der Waals surface area contributed by atoms with Gasteiger partial charge in [0.25, 0.3) is 5.91 Å². The fraction of sp³-hybridized carbons (Fsp3) is 0.571. The van der Waals surface area contributed by atoms with Crippen molar-refractivity contribution in [2.24, 2.45) is 5.92 Å². The van der Waals surface area contributed by atoms with Gasteiger partial charge in [0, 0.05) is 31.5 Å². The van der Waals surface area contributed by atoms with Gasteiger partial charge in [-0.2, -0.15) is 0 Å². The average molecular weight is 262 g/mol. The summed E-state index contributed by atoms with van der Waals surface area (Å²) in [7, 11) is 3.77. The molecule has 1 aliphatic heterocycles. The van der Waals surface area contributed by atoms with Gasteiger partial charge in [0.05, 0.1) is 0 Å². The van der Waals surface area contributed by atoms with Gasteiger partial charge in [-0.3, -0.25) is 9.78 Å². The zero-order valence-electron chi connectivity index (χ0n) is 11.8. The molecule has 0 bridgehead atoms. The molecule has 1 aromatic rings. The Morgan fingerprint density at radius 2 is 2.32 bits per heavy atom. The summed E-state index contributed by atoms with van der Waals surface area (Å²) >= 11 is 0. The first-order chi connectivity index (χ1) is 9.10. The maximum absolute atomic E-state index is 11.6. The molecule has 0 aliphatic carbocycles. The van der Waals surface area contributed by atoms with E-state index in [9.17, 15) is 4.79 Å². The van der Waals surface area contributed by atoms with Crippen molar-refractivity contribution in [2.45, 2.75) is 19.4 Å². The van der Waals surface area contributed by atoms with Crippen LogP contribution in [0.1, 0.15) is 23.8 Å².